The summed E-state index contributed by atoms with van der Waals surface area (Å²) in [6, 6.07) is 11.5. The molecular weight excluding hydrogens is 364 g/mol. The summed E-state index contributed by atoms with van der Waals surface area (Å²) in [5.41, 5.74) is 1.91. The largest absolute Gasteiger partial charge is 0.478 e. The molecule has 0 spiro atoms. The summed E-state index contributed by atoms with van der Waals surface area (Å²) in [4.78, 5) is 15.9. The zero-order chi connectivity index (χ0) is 17.9. The van der Waals surface area contributed by atoms with E-state index in [0.29, 0.717) is 0 Å². The quantitative estimate of drug-likeness (QED) is 0.866. The highest BCUT2D eigenvalue weighted by atomic mass is 35.5. The van der Waals surface area contributed by atoms with Gasteiger partial charge in [-0.05, 0) is 37.1 Å². The monoisotopic (exact) mass is 388 g/mol. The number of halogens is 1. The summed E-state index contributed by atoms with van der Waals surface area (Å²) in [6.07, 6.45) is 5.47. The lowest BCUT2D eigenvalue weighted by molar-refractivity contribution is 0.0697. The Labute approximate surface area is 165 Å². The highest BCUT2D eigenvalue weighted by Gasteiger charge is 2.26. The minimum atomic E-state index is -0.922. The van der Waals surface area contributed by atoms with E-state index in [9.17, 15) is 4.79 Å². The molecule has 1 saturated heterocycles. The molecule has 2 aliphatic rings. The predicted octanol–water partition coefficient (Wildman–Crippen LogP) is 3.33. The first kappa shape index (κ1) is 19.6. The van der Waals surface area contributed by atoms with E-state index in [2.05, 4.69) is 20.0 Å². The minimum Gasteiger partial charge on any atom is -0.478 e. The van der Waals surface area contributed by atoms with Crippen LogP contribution in [0.5, 0.6) is 0 Å². The van der Waals surface area contributed by atoms with E-state index in [1.54, 1.807) is 24.3 Å². The lowest BCUT2D eigenvalue weighted by Crippen LogP contribution is -2.50. The first-order chi connectivity index (χ1) is 12.7. The molecule has 7 heteroatoms. The SMILES string of the molecule is Cl.O=C(O)c1ccc(-c2ccc(N3CCN(C4CCCC4)CC3)nn2)cc1. The Kier molecular flexibility index (Phi) is 6.29. The molecule has 27 heavy (non-hydrogen) atoms. The number of rotatable bonds is 4. The Morgan fingerprint density at radius 2 is 1.59 bits per heavy atom. The van der Waals surface area contributed by atoms with Crippen LogP contribution in [0.3, 0.4) is 0 Å². The fourth-order valence-electron chi connectivity index (χ4n) is 4.02. The molecule has 4 rings (SSSR count). The number of benzene rings is 1. The average Bonchev–Trinajstić information content (AvgIpc) is 3.23. The summed E-state index contributed by atoms with van der Waals surface area (Å²) in [5, 5.41) is 17.7. The summed E-state index contributed by atoms with van der Waals surface area (Å²) in [5.74, 6) is -0.00305. The van der Waals surface area contributed by atoms with Crippen LogP contribution in [0.4, 0.5) is 5.82 Å². The first-order valence-electron chi connectivity index (χ1n) is 9.37. The summed E-state index contributed by atoms with van der Waals surface area (Å²) < 4.78 is 0. The van der Waals surface area contributed by atoms with E-state index in [1.165, 1.54) is 25.7 Å². The van der Waals surface area contributed by atoms with Gasteiger partial charge >= 0.3 is 5.97 Å². The maximum absolute atomic E-state index is 10.9. The molecule has 2 aromatic rings. The number of carbonyl (C=O) groups is 1. The lowest BCUT2D eigenvalue weighted by Gasteiger charge is -2.38. The Morgan fingerprint density at radius 3 is 2.15 bits per heavy atom. The van der Waals surface area contributed by atoms with E-state index < -0.39 is 5.97 Å². The van der Waals surface area contributed by atoms with Crippen molar-refractivity contribution < 1.29 is 9.90 Å². The maximum Gasteiger partial charge on any atom is 0.335 e. The predicted molar refractivity (Wildman–Crippen MR) is 108 cm³/mol. The number of aromatic nitrogens is 2. The van der Waals surface area contributed by atoms with E-state index in [1.807, 2.05) is 12.1 Å². The minimum absolute atomic E-state index is 0. The second kappa shape index (κ2) is 8.67. The second-order valence-corrected chi connectivity index (χ2v) is 7.12. The number of aromatic carboxylic acids is 1. The van der Waals surface area contributed by atoms with Gasteiger partial charge in [0.25, 0.3) is 0 Å². The van der Waals surface area contributed by atoms with Crippen LogP contribution in [0.2, 0.25) is 0 Å². The van der Waals surface area contributed by atoms with Crippen LogP contribution in [-0.2, 0) is 0 Å². The van der Waals surface area contributed by atoms with Crippen molar-refractivity contribution >= 4 is 24.2 Å². The molecule has 1 aromatic heterocycles. The number of hydrogen-bond acceptors (Lipinski definition) is 5. The molecule has 144 valence electrons. The molecule has 1 aromatic carbocycles. The van der Waals surface area contributed by atoms with E-state index in [0.717, 1.165) is 49.3 Å². The van der Waals surface area contributed by atoms with Crippen LogP contribution in [0.25, 0.3) is 11.3 Å². The summed E-state index contributed by atoms with van der Waals surface area (Å²) >= 11 is 0. The fraction of sp³-hybridized carbons (Fsp3) is 0.450. The van der Waals surface area contributed by atoms with Crippen molar-refractivity contribution in [1.29, 1.82) is 0 Å². The van der Waals surface area contributed by atoms with Gasteiger partial charge in [0.1, 0.15) is 0 Å². The Bertz CT molecular complexity index is 753. The highest BCUT2D eigenvalue weighted by molar-refractivity contribution is 5.88. The third-order valence-electron chi connectivity index (χ3n) is 5.56. The Balaban J connectivity index is 0.00000210. The number of piperazine rings is 1. The van der Waals surface area contributed by atoms with Crippen molar-refractivity contribution in [3.05, 3.63) is 42.0 Å². The molecule has 0 unspecified atom stereocenters. The molecule has 6 nitrogen and oxygen atoms in total. The smallest absolute Gasteiger partial charge is 0.335 e. The molecule has 0 radical (unpaired) electrons. The van der Waals surface area contributed by atoms with Gasteiger partial charge in [0.05, 0.1) is 11.3 Å². The third kappa shape index (κ3) is 4.39. The number of carboxylic acids is 1. The molecule has 1 aliphatic heterocycles. The van der Waals surface area contributed by atoms with Crippen molar-refractivity contribution in [2.24, 2.45) is 0 Å². The van der Waals surface area contributed by atoms with Gasteiger partial charge in [0, 0.05) is 37.8 Å². The molecule has 2 fully saturated rings. The maximum atomic E-state index is 10.9. The normalized spacial score (nSPS) is 18.3. The molecule has 1 saturated carbocycles. The van der Waals surface area contributed by atoms with Gasteiger partial charge in [0.15, 0.2) is 5.82 Å². The zero-order valence-corrected chi connectivity index (χ0v) is 16.1. The van der Waals surface area contributed by atoms with Crippen molar-refractivity contribution in [1.82, 2.24) is 15.1 Å². The van der Waals surface area contributed by atoms with Crippen LogP contribution in [0.1, 0.15) is 36.0 Å². The van der Waals surface area contributed by atoms with Crippen molar-refractivity contribution in [2.45, 2.75) is 31.7 Å². The van der Waals surface area contributed by atoms with Crippen molar-refractivity contribution in [3.8, 4) is 11.3 Å². The standard InChI is InChI=1S/C20H24N4O2.ClH/c25-20(26)16-7-5-15(6-8-16)18-9-10-19(22-21-18)24-13-11-23(12-14-24)17-3-1-2-4-17;/h5-10,17H,1-4,11-14H2,(H,25,26);1H. The average molecular weight is 389 g/mol. The van der Waals surface area contributed by atoms with Crippen LogP contribution >= 0.6 is 12.4 Å². The van der Waals surface area contributed by atoms with Crippen LogP contribution < -0.4 is 4.90 Å². The lowest BCUT2D eigenvalue weighted by atomic mass is 10.1. The van der Waals surface area contributed by atoms with Gasteiger partial charge in [0.2, 0.25) is 0 Å². The highest BCUT2D eigenvalue weighted by Crippen LogP contribution is 2.25. The summed E-state index contributed by atoms with van der Waals surface area (Å²) in [7, 11) is 0. The van der Waals surface area contributed by atoms with E-state index >= 15 is 0 Å². The van der Waals surface area contributed by atoms with E-state index in [4.69, 9.17) is 5.11 Å². The first-order valence-corrected chi connectivity index (χ1v) is 9.37. The van der Waals surface area contributed by atoms with E-state index in [-0.39, 0.29) is 18.0 Å². The van der Waals surface area contributed by atoms with Crippen molar-refractivity contribution in [3.63, 3.8) is 0 Å². The van der Waals surface area contributed by atoms with Gasteiger partial charge in [-0.1, -0.05) is 25.0 Å². The Hall–Kier alpha value is -2.18. The number of nitrogens with zero attached hydrogens (tertiary/aromatic N) is 4. The number of carboxylic acid groups (broad SMARTS) is 1. The topological polar surface area (TPSA) is 69.6 Å². The zero-order valence-electron chi connectivity index (χ0n) is 15.3. The van der Waals surface area contributed by atoms with Gasteiger partial charge in [-0.25, -0.2) is 4.79 Å². The van der Waals surface area contributed by atoms with Crippen LogP contribution in [0.15, 0.2) is 36.4 Å². The van der Waals surface area contributed by atoms with Gasteiger partial charge in [-0.15, -0.1) is 22.6 Å². The number of hydrogen-bond donors (Lipinski definition) is 1. The third-order valence-corrected chi connectivity index (χ3v) is 5.56. The fourth-order valence-corrected chi connectivity index (χ4v) is 4.02. The summed E-state index contributed by atoms with van der Waals surface area (Å²) in [6.45, 7) is 4.20. The molecular formula is C20H25ClN4O2. The molecule has 1 N–H and O–H groups in total. The van der Waals surface area contributed by atoms with Crippen molar-refractivity contribution in [2.75, 3.05) is 31.1 Å². The van der Waals surface area contributed by atoms with Crippen LogP contribution in [0, 0.1) is 0 Å². The molecule has 0 atom stereocenters. The molecule has 2 heterocycles. The van der Waals surface area contributed by atoms with Gasteiger partial charge in [-0.2, -0.15) is 0 Å². The van der Waals surface area contributed by atoms with Gasteiger partial charge < -0.3 is 10.0 Å². The molecule has 1 aliphatic carbocycles. The molecule has 0 bridgehead atoms. The Morgan fingerprint density at radius 1 is 0.926 bits per heavy atom. The number of anilines is 1. The second-order valence-electron chi connectivity index (χ2n) is 7.12. The van der Waals surface area contributed by atoms with Crippen LogP contribution in [-0.4, -0.2) is 58.4 Å². The molecule has 0 amide bonds. The van der Waals surface area contributed by atoms with Gasteiger partial charge in [-0.3, -0.25) is 4.90 Å².